The fraction of sp³-hybridized carbons (Fsp3) is 0.308. The molecule has 1 aliphatic rings. The van der Waals surface area contributed by atoms with Gasteiger partial charge in [-0.05, 0) is 42.7 Å². The zero-order chi connectivity index (χ0) is 24.2. The third-order valence-electron chi connectivity index (χ3n) is 5.12. The Bertz CT molecular complexity index is 1070. The molecule has 0 bridgehead atoms. The van der Waals surface area contributed by atoms with E-state index < -0.39 is 10.4 Å². The molecule has 3 aromatic rings. The second-order valence-corrected chi connectivity index (χ2v) is 10.9. The highest BCUT2D eigenvalue weighted by molar-refractivity contribution is 7.95. The highest BCUT2D eigenvalue weighted by Gasteiger charge is 2.18. The van der Waals surface area contributed by atoms with E-state index in [1.54, 1.807) is 30.3 Å². The predicted octanol–water partition coefficient (Wildman–Crippen LogP) is 4.72. The standard InChI is InChI=1S/C19H23O2S.C7H8O4S/c1-22(15-16-6-3-2-4-7-16)19-11-9-17(10-12-19)21-14-18-8-5-13-20-18;8-12(9,10)11-6-7-4-2-1-3-5-7/h2-4,6-7,9-12,18H,5,8,13-15H2,1H3;1-5H,6H2,(H,8,9,10)/q+1;/p-1. The molecular weight excluding hydrogens is 472 g/mol. The summed E-state index contributed by atoms with van der Waals surface area (Å²) < 4.78 is 45.5. The van der Waals surface area contributed by atoms with E-state index in [-0.39, 0.29) is 23.6 Å². The quantitative estimate of drug-likeness (QED) is 0.239. The molecule has 1 heterocycles. The third kappa shape index (κ3) is 9.87. The first-order valence-electron chi connectivity index (χ1n) is 11.0. The molecule has 3 aromatic carbocycles. The van der Waals surface area contributed by atoms with E-state index in [1.165, 1.54) is 10.5 Å². The van der Waals surface area contributed by atoms with Gasteiger partial charge in [0, 0.05) is 23.1 Å². The Morgan fingerprint density at radius 2 is 1.56 bits per heavy atom. The molecule has 0 saturated carbocycles. The lowest BCUT2D eigenvalue weighted by molar-refractivity contribution is 0.0679. The van der Waals surface area contributed by atoms with Crippen LogP contribution >= 0.6 is 0 Å². The number of benzene rings is 3. The molecule has 4 rings (SSSR count). The number of hydrogen-bond acceptors (Lipinski definition) is 6. The van der Waals surface area contributed by atoms with Gasteiger partial charge in [-0.1, -0.05) is 60.7 Å². The SMILES string of the molecule is C[S+](Cc1ccccc1)c1ccc(OCC2CCCO2)cc1.O=S(=O)([O-])OCc1ccccc1. The van der Waals surface area contributed by atoms with Crippen molar-refractivity contribution >= 4 is 21.3 Å². The van der Waals surface area contributed by atoms with E-state index in [9.17, 15) is 13.0 Å². The average Bonchev–Trinajstić information content (AvgIpc) is 3.37. The Hall–Kier alpha value is -2.36. The van der Waals surface area contributed by atoms with Crippen molar-refractivity contribution in [2.45, 2.75) is 36.2 Å². The van der Waals surface area contributed by atoms with Crippen molar-refractivity contribution in [1.82, 2.24) is 0 Å². The lowest BCUT2D eigenvalue weighted by Gasteiger charge is -2.11. The van der Waals surface area contributed by atoms with Crippen LogP contribution in [-0.2, 0) is 42.6 Å². The predicted molar refractivity (Wildman–Crippen MR) is 134 cm³/mol. The zero-order valence-corrected chi connectivity index (χ0v) is 20.8. The Balaban J connectivity index is 0.000000229. The smallest absolute Gasteiger partial charge is 0.217 e. The Morgan fingerprint density at radius 3 is 2.12 bits per heavy atom. The first-order chi connectivity index (χ1) is 16.4. The molecule has 0 N–H and O–H groups in total. The monoisotopic (exact) mass is 502 g/mol. The van der Waals surface area contributed by atoms with Crippen molar-refractivity contribution in [2.24, 2.45) is 0 Å². The van der Waals surface area contributed by atoms with Gasteiger partial charge in [0.05, 0.1) is 12.7 Å². The maximum absolute atomic E-state index is 10.0. The zero-order valence-electron chi connectivity index (χ0n) is 19.2. The van der Waals surface area contributed by atoms with Gasteiger partial charge in [-0.3, -0.25) is 4.18 Å². The lowest BCUT2D eigenvalue weighted by atomic mass is 10.2. The Kier molecular flexibility index (Phi) is 10.4. The van der Waals surface area contributed by atoms with Gasteiger partial charge in [0.2, 0.25) is 10.4 Å². The minimum Gasteiger partial charge on any atom is -0.726 e. The number of hydrogen-bond donors (Lipinski definition) is 0. The van der Waals surface area contributed by atoms with E-state index in [0.717, 1.165) is 31.0 Å². The molecule has 34 heavy (non-hydrogen) atoms. The van der Waals surface area contributed by atoms with E-state index in [1.807, 2.05) is 0 Å². The maximum Gasteiger partial charge on any atom is 0.217 e. The second kappa shape index (κ2) is 13.5. The largest absolute Gasteiger partial charge is 0.726 e. The summed E-state index contributed by atoms with van der Waals surface area (Å²) in [5.41, 5.74) is 2.05. The van der Waals surface area contributed by atoms with Crippen molar-refractivity contribution < 1.29 is 26.6 Å². The van der Waals surface area contributed by atoms with Crippen LogP contribution in [0.4, 0.5) is 0 Å². The van der Waals surface area contributed by atoms with Gasteiger partial charge in [0.15, 0.2) is 4.90 Å². The van der Waals surface area contributed by atoms with E-state index >= 15 is 0 Å². The van der Waals surface area contributed by atoms with Gasteiger partial charge < -0.3 is 14.0 Å². The highest BCUT2D eigenvalue weighted by atomic mass is 32.3. The van der Waals surface area contributed by atoms with Crippen molar-refractivity contribution in [3.63, 3.8) is 0 Å². The van der Waals surface area contributed by atoms with Crippen LogP contribution in [-0.4, -0.2) is 38.5 Å². The van der Waals surface area contributed by atoms with Crippen LogP contribution in [0.5, 0.6) is 5.75 Å². The molecule has 1 fully saturated rings. The summed E-state index contributed by atoms with van der Waals surface area (Å²) in [6.45, 7) is 1.35. The molecule has 2 unspecified atom stereocenters. The van der Waals surface area contributed by atoms with Crippen LogP contribution in [0, 0.1) is 0 Å². The van der Waals surface area contributed by atoms with E-state index in [2.05, 4.69) is 65.0 Å². The minimum absolute atomic E-state index is 0.202. The van der Waals surface area contributed by atoms with Gasteiger partial charge in [0.25, 0.3) is 0 Å². The maximum atomic E-state index is 10.0. The molecule has 1 aliphatic heterocycles. The van der Waals surface area contributed by atoms with Crippen LogP contribution in [0.25, 0.3) is 0 Å². The lowest BCUT2D eigenvalue weighted by Crippen LogP contribution is -2.16. The first kappa shape index (κ1) is 26.2. The number of ether oxygens (including phenoxy) is 2. The summed E-state index contributed by atoms with van der Waals surface area (Å²) >= 11 is 0. The van der Waals surface area contributed by atoms with Gasteiger partial charge in [-0.2, -0.15) is 0 Å². The molecule has 2 atom stereocenters. The summed E-state index contributed by atoms with van der Waals surface area (Å²) in [5, 5.41) is 0. The fourth-order valence-corrected chi connectivity index (χ4v) is 5.10. The van der Waals surface area contributed by atoms with Gasteiger partial charge in [-0.25, -0.2) is 8.42 Å². The summed E-state index contributed by atoms with van der Waals surface area (Å²) in [7, 11) is -4.35. The van der Waals surface area contributed by atoms with Crippen molar-refractivity contribution in [2.75, 3.05) is 19.5 Å². The molecular formula is C26H30O6S2. The molecule has 6 nitrogen and oxygen atoms in total. The molecule has 0 aromatic heterocycles. The summed E-state index contributed by atoms with van der Waals surface area (Å²) in [4.78, 5) is 1.38. The van der Waals surface area contributed by atoms with Crippen LogP contribution in [0.2, 0.25) is 0 Å². The van der Waals surface area contributed by atoms with Crippen molar-refractivity contribution in [1.29, 1.82) is 0 Å². The van der Waals surface area contributed by atoms with E-state index in [0.29, 0.717) is 12.2 Å². The van der Waals surface area contributed by atoms with Crippen LogP contribution in [0.15, 0.2) is 89.8 Å². The van der Waals surface area contributed by atoms with Crippen LogP contribution in [0.1, 0.15) is 24.0 Å². The highest BCUT2D eigenvalue weighted by Crippen LogP contribution is 2.21. The van der Waals surface area contributed by atoms with Gasteiger partial charge >= 0.3 is 0 Å². The molecule has 0 spiro atoms. The molecule has 0 aliphatic carbocycles. The molecule has 182 valence electrons. The molecule has 1 saturated heterocycles. The molecule has 8 heteroatoms. The van der Waals surface area contributed by atoms with Crippen molar-refractivity contribution in [3.8, 4) is 5.75 Å². The number of rotatable bonds is 9. The summed E-state index contributed by atoms with van der Waals surface area (Å²) in [6, 6.07) is 27.8. The van der Waals surface area contributed by atoms with Gasteiger partial charge in [0.1, 0.15) is 24.4 Å². The minimum atomic E-state index is -4.57. The van der Waals surface area contributed by atoms with Crippen LogP contribution in [0.3, 0.4) is 0 Å². The van der Waals surface area contributed by atoms with Gasteiger partial charge in [-0.15, -0.1) is 0 Å². The average molecular weight is 503 g/mol. The van der Waals surface area contributed by atoms with Crippen molar-refractivity contribution in [3.05, 3.63) is 96.1 Å². The summed E-state index contributed by atoms with van der Waals surface area (Å²) in [5.74, 6) is 2.03. The molecule has 0 radical (unpaired) electrons. The third-order valence-corrected chi connectivity index (χ3v) is 7.37. The fourth-order valence-electron chi connectivity index (χ4n) is 3.36. The molecule has 0 amide bonds. The topological polar surface area (TPSA) is 84.9 Å². The second-order valence-electron chi connectivity index (χ2n) is 7.84. The summed E-state index contributed by atoms with van der Waals surface area (Å²) in [6.07, 6.45) is 4.85. The Labute approximate surface area is 205 Å². The van der Waals surface area contributed by atoms with Crippen LogP contribution < -0.4 is 4.74 Å². The van der Waals surface area contributed by atoms with E-state index in [4.69, 9.17) is 9.47 Å². The normalized spacial score (nSPS) is 16.4. The first-order valence-corrected chi connectivity index (χ1v) is 14.2. The Morgan fingerprint density at radius 1 is 0.941 bits per heavy atom.